The fourth-order valence-electron chi connectivity index (χ4n) is 1.09. The van der Waals surface area contributed by atoms with Crippen LogP contribution in [0.5, 0.6) is 0 Å². The van der Waals surface area contributed by atoms with Crippen molar-refractivity contribution in [1.29, 1.82) is 0 Å². The number of aryl methyl sites for hydroxylation is 1. The van der Waals surface area contributed by atoms with Crippen molar-refractivity contribution in [3.63, 3.8) is 0 Å². The average Bonchev–Trinajstić information content (AvgIpc) is 2.62. The molecule has 2 nitrogen and oxygen atoms in total. The molecular weight excluding hydrogens is 186 g/mol. The molecular formula is C10H8ClNO. The first-order valence-corrected chi connectivity index (χ1v) is 4.31. The van der Waals surface area contributed by atoms with Crippen molar-refractivity contribution in [1.82, 2.24) is 4.98 Å². The Labute approximate surface area is 81.2 Å². The standard InChI is InChI=1S/C10H8ClNO/c1-7-2-3-8(6-9(7)11)10-12-4-5-13-10/h2-6H,1H3. The third-order valence-corrected chi connectivity index (χ3v) is 2.26. The van der Waals surface area contributed by atoms with E-state index in [9.17, 15) is 0 Å². The first-order chi connectivity index (χ1) is 6.27. The maximum absolute atomic E-state index is 5.96. The summed E-state index contributed by atoms with van der Waals surface area (Å²) in [5.74, 6) is 0.599. The van der Waals surface area contributed by atoms with Gasteiger partial charge >= 0.3 is 0 Å². The minimum Gasteiger partial charge on any atom is -0.445 e. The molecule has 0 amide bonds. The molecule has 0 fully saturated rings. The van der Waals surface area contributed by atoms with Crippen LogP contribution in [0.3, 0.4) is 0 Å². The van der Waals surface area contributed by atoms with Crippen molar-refractivity contribution in [2.24, 2.45) is 0 Å². The lowest BCUT2D eigenvalue weighted by Crippen LogP contribution is -1.79. The Kier molecular flexibility index (Phi) is 2.07. The van der Waals surface area contributed by atoms with Gasteiger partial charge in [-0.2, -0.15) is 0 Å². The molecule has 0 saturated carbocycles. The van der Waals surface area contributed by atoms with Crippen LogP contribution in [0.4, 0.5) is 0 Å². The second-order valence-electron chi connectivity index (χ2n) is 2.80. The number of aromatic nitrogens is 1. The topological polar surface area (TPSA) is 26.0 Å². The van der Waals surface area contributed by atoms with E-state index in [4.69, 9.17) is 16.0 Å². The van der Waals surface area contributed by atoms with E-state index in [0.717, 1.165) is 16.1 Å². The first-order valence-electron chi connectivity index (χ1n) is 3.93. The number of nitrogens with zero attached hydrogens (tertiary/aromatic N) is 1. The Morgan fingerprint density at radius 1 is 1.38 bits per heavy atom. The van der Waals surface area contributed by atoms with Crippen molar-refractivity contribution < 1.29 is 4.42 Å². The van der Waals surface area contributed by atoms with Crippen molar-refractivity contribution >= 4 is 11.6 Å². The summed E-state index contributed by atoms with van der Waals surface area (Å²) in [5, 5.41) is 0.732. The quantitative estimate of drug-likeness (QED) is 0.695. The first kappa shape index (κ1) is 8.32. The molecule has 0 aliphatic rings. The normalized spacial score (nSPS) is 10.3. The van der Waals surface area contributed by atoms with Gasteiger partial charge in [-0.1, -0.05) is 17.7 Å². The smallest absolute Gasteiger partial charge is 0.225 e. The van der Waals surface area contributed by atoms with Gasteiger partial charge in [-0.15, -0.1) is 0 Å². The highest BCUT2D eigenvalue weighted by Gasteiger charge is 2.03. The van der Waals surface area contributed by atoms with Crippen molar-refractivity contribution in [2.45, 2.75) is 6.92 Å². The molecule has 13 heavy (non-hydrogen) atoms. The summed E-state index contributed by atoms with van der Waals surface area (Å²) < 4.78 is 5.14. The molecule has 1 heterocycles. The minimum atomic E-state index is 0.599. The van der Waals surface area contributed by atoms with Gasteiger partial charge in [-0.25, -0.2) is 4.98 Å². The molecule has 2 aromatic rings. The van der Waals surface area contributed by atoms with E-state index >= 15 is 0 Å². The third kappa shape index (κ3) is 1.58. The minimum absolute atomic E-state index is 0.599. The van der Waals surface area contributed by atoms with Gasteiger partial charge in [0.25, 0.3) is 0 Å². The summed E-state index contributed by atoms with van der Waals surface area (Å²) >= 11 is 5.96. The summed E-state index contributed by atoms with van der Waals surface area (Å²) in [6.07, 6.45) is 3.16. The molecule has 3 heteroatoms. The molecule has 0 aliphatic heterocycles. The molecule has 0 bridgehead atoms. The SMILES string of the molecule is Cc1ccc(-c2ncco2)cc1Cl. The Balaban J connectivity index is 2.49. The van der Waals surface area contributed by atoms with Gasteiger partial charge < -0.3 is 4.42 Å². The van der Waals surface area contributed by atoms with Crippen LogP contribution >= 0.6 is 11.6 Å². The molecule has 1 aromatic heterocycles. The summed E-state index contributed by atoms with van der Waals surface area (Å²) in [6, 6.07) is 5.73. The van der Waals surface area contributed by atoms with Gasteiger partial charge in [0.05, 0.1) is 6.20 Å². The Bertz CT molecular complexity index is 409. The molecule has 0 unspecified atom stereocenters. The Morgan fingerprint density at radius 2 is 2.23 bits per heavy atom. The maximum Gasteiger partial charge on any atom is 0.225 e. The van der Waals surface area contributed by atoms with Crippen LogP contribution < -0.4 is 0 Å². The average molecular weight is 194 g/mol. The molecule has 0 radical (unpaired) electrons. The highest BCUT2D eigenvalue weighted by molar-refractivity contribution is 6.31. The summed E-state index contributed by atoms with van der Waals surface area (Å²) in [7, 11) is 0. The van der Waals surface area contributed by atoms with Crippen molar-refractivity contribution in [3.05, 3.63) is 41.2 Å². The van der Waals surface area contributed by atoms with Crippen LogP contribution in [-0.2, 0) is 0 Å². The largest absolute Gasteiger partial charge is 0.445 e. The second kappa shape index (κ2) is 3.23. The van der Waals surface area contributed by atoms with Crippen LogP contribution in [0.2, 0.25) is 5.02 Å². The van der Waals surface area contributed by atoms with Gasteiger partial charge in [-0.3, -0.25) is 0 Å². The van der Waals surface area contributed by atoms with Gasteiger partial charge in [0.1, 0.15) is 6.26 Å². The van der Waals surface area contributed by atoms with E-state index in [1.807, 2.05) is 25.1 Å². The predicted octanol–water partition coefficient (Wildman–Crippen LogP) is 3.30. The van der Waals surface area contributed by atoms with Gasteiger partial charge in [0.15, 0.2) is 0 Å². The zero-order chi connectivity index (χ0) is 9.26. The molecule has 1 aromatic carbocycles. The van der Waals surface area contributed by atoms with Crippen LogP contribution in [-0.4, -0.2) is 4.98 Å². The van der Waals surface area contributed by atoms with E-state index in [1.54, 1.807) is 12.5 Å². The lowest BCUT2D eigenvalue weighted by atomic mass is 10.1. The molecule has 2 rings (SSSR count). The van der Waals surface area contributed by atoms with E-state index in [-0.39, 0.29) is 0 Å². The van der Waals surface area contributed by atoms with Gasteiger partial charge in [0, 0.05) is 10.6 Å². The fraction of sp³-hybridized carbons (Fsp3) is 0.100. The number of oxazole rings is 1. The van der Waals surface area contributed by atoms with Crippen molar-refractivity contribution in [2.75, 3.05) is 0 Å². The van der Waals surface area contributed by atoms with Crippen LogP contribution in [0.1, 0.15) is 5.56 Å². The molecule has 0 atom stereocenters. The zero-order valence-corrected chi connectivity index (χ0v) is 7.88. The zero-order valence-electron chi connectivity index (χ0n) is 7.12. The number of halogens is 1. The lowest BCUT2D eigenvalue weighted by Gasteiger charge is -1.99. The predicted molar refractivity (Wildman–Crippen MR) is 51.7 cm³/mol. The van der Waals surface area contributed by atoms with Crippen LogP contribution in [0.25, 0.3) is 11.5 Å². The third-order valence-electron chi connectivity index (χ3n) is 1.85. The monoisotopic (exact) mass is 193 g/mol. The van der Waals surface area contributed by atoms with Gasteiger partial charge in [0.2, 0.25) is 5.89 Å². The summed E-state index contributed by atoms with van der Waals surface area (Å²) in [4.78, 5) is 4.03. The highest BCUT2D eigenvalue weighted by atomic mass is 35.5. The van der Waals surface area contributed by atoms with Gasteiger partial charge in [-0.05, 0) is 24.6 Å². The molecule has 66 valence electrons. The summed E-state index contributed by atoms with van der Waals surface area (Å²) in [5.41, 5.74) is 1.96. The van der Waals surface area contributed by atoms with E-state index in [0.29, 0.717) is 5.89 Å². The highest BCUT2D eigenvalue weighted by Crippen LogP contribution is 2.23. The van der Waals surface area contributed by atoms with Crippen LogP contribution in [0.15, 0.2) is 35.1 Å². The number of hydrogen-bond donors (Lipinski definition) is 0. The summed E-state index contributed by atoms with van der Waals surface area (Å²) in [6.45, 7) is 1.96. The molecule has 0 aliphatic carbocycles. The molecule has 0 saturated heterocycles. The fourth-order valence-corrected chi connectivity index (χ4v) is 1.27. The lowest BCUT2D eigenvalue weighted by molar-refractivity contribution is 0.574. The van der Waals surface area contributed by atoms with E-state index < -0.39 is 0 Å². The maximum atomic E-state index is 5.96. The van der Waals surface area contributed by atoms with Crippen molar-refractivity contribution in [3.8, 4) is 11.5 Å². The number of rotatable bonds is 1. The number of hydrogen-bond acceptors (Lipinski definition) is 2. The molecule has 0 spiro atoms. The van der Waals surface area contributed by atoms with Crippen LogP contribution in [0, 0.1) is 6.92 Å². The van der Waals surface area contributed by atoms with E-state index in [1.165, 1.54) is 0 Å². The molecule has 0 N–H and O–H groups in total. The number of benzene rings is 1. The Hall–Kier alpha value is -1.28. The van der Waals surface area contributed by atoms with E-state index in [2.05, 4.69) is 4.98 Å². The second-order valence-corrected chi connectivity index (χ2v) is 3.21. The Morgan fingerprint density at radius 3 is 2.85 bits per heavy atom.